The molecule has 0 heterocycles. The highest BCUT2D eigenvalue weighted by Crippen LogP contribution is 2.17. The quantitative estimate of drug-likeness (QED) is 0.771. The van der Waals surface area contributed by atoms with Gasteiger partial charge >= 0.3 is 0 Å². The van der Waals surface area contributed by atoms with Crippen molar-refractivity contribution >= 4 is 5.78 Å². The second-order valence-corrected chi connectivity index (χ2v) is 4.82. The van der Waals surface area contributed by atoms with Crippen LogP contribution in [0.3, 0.4) is 0 Å². The molecule has 17 heavy (non-hydrogen) atoms. The predicted molar refractivity (Wildman–Crippen MR) is 69.0 cm³/mol. The van der Waals surface area contributed by atoms with Crippen molar-refractivity contribution in [2.24, 2.45) is 5.73 Å². The van der Waals surface area contributed by atoms with Crippen LogP contribution in [0.4, 0.5) is 0 Å². The average Bonchev–Trinajstić information content (AvgIpc) is 2.15. The maximum Gasteiger partial charge on any atom is 0.152 e. The second kappa shape index (κ2) is 5.82. The molecule has 3 heteroatoms. The molecule has 0 aliphatic carbocycles. The van der Waals surface area contributed by atoms with Crippen LogP contribution < -0.4 is 10.5 Å². The number of hydrogen-bond acceptors (Lipinski definition) is 3. The van der Waals surface area contributed by atoms with Gasteiger partial charge in [0.2, 0.25) is 0 Å². The Morgan fingerprint density at radius 3 is 2.71 bits per heavy atom. The number of hydrogen-bond donors (Lipinski definition) is 1. The van der Waals surface area contributed by atoms with E-state index < -0.39 is 5.72 Å². The van der Waals surface area contributed by atoms with E-state index in [1.807, 2.05) is 31.2 Å². The lowest BCUT2D eigenvalue weighted by molar-refractivity contribution is -0.118. The molecule has 0 aliphatic rings. The highest BCUT2D eigenvalue weighted by molar-refractivity contribution is 5.80. The van der Waals surface area contributed by atoms with Crippen LogP contribution in [0.5, 0.6) is 5.75 Å². The number of nitrogens with two attached hydrogens (primary N) is 1. The number of benzene rings is 1. The monoisotopic (exact) mass is 235 g/mol. The molecule has 0 radical (unpaired) electrons. The summed E-state index contributed by atoms with van der Waals surface area (Å²) in [6.45, 7) is 5.60. The van der Waals surface area contributed by atoms with Crippen molar-refractivity contribution in [1.82, 2.24) is 0 Å². The molecular weight excluding hydrogens is 214 g/mol. The van der Waals surface area contributed by atoms with E-state index in [0.717, 1.165) is 12.0 Å². The Morgan fingerprint density at radius 2 is 2.12 bits per heavy atom. The van der Waals surface area contributed by atoms with E-state index in [1.54, 1.807) is 13.8 Å². The van der Waals surface area contributed by atoms with Crippen LogP contribution in [-0.4, -0.2) is 11.5 Å². The molecule has 0 aromatic heterocycles. The molecule has 0 saturated heterocycles. The largest absolute Gasteiger partial charge is 0.474 e. The van der Waals surface area contributed by atoms with Gasteiger partial charge in [0.1, 0.15) is 11.5 Å². The normalized spacial score (nSPS) is 11.3. The smallest absolute Gasteiger partial charge is 0.152 e. The molecule has 0 amide bonds. The zero-order chi connectivity index (χ0) is 12.9. The van der Waals surface area contributed by atoms with Crippen LogP contribution in [0.2, 0.25) is 0 Å². The Kier molecular flexibility index (Phi) is 4.70. The molecule has 0 atom stereocenters. The minimum absolute atomic E-state index is 0.261. The fraction of sp³-hybridized carbons (Fsp3) is 0.500. The number of ketones is 1. The van der Waals surface area contributed by atoms with Crippen molar-refractivity contribution in [3.05, 3.63) is 29.8 Å². The zero-order valence-corrected chi connectivity index (χ0v) is 10.8. The third kappa shape index (κ3) is 5.50. The molecule has 0 aliphatic heterocycles. The Morgan fingerprint density at radius 1 is 1.41 bits per heavy atom. The van der Waals surface area contributed by atoms with Crippen LogP contribution >= 0.6 is 0 Å². The molecular formula is C14H21NO2. The highest BCUT2D eigenvalue weighted by Gasteiger charge is 2.12. The van der Waals surface area contributed by atoms with Gasteiger partial charge in [-0.3, -0.25) is 10.5 Å². The van der Waals surface area contributed by atoms with Gasteiger partial charge in [-0.2, -0.15) is 0 Å². The van der Waals surface area contributed by atoms with Gasteiger partial charge in [0.15, 0.2) is 5.72 Å². The number of rotatable bonds is 6. The lowest BCUT2D eigenvalue weighted by Gasteiger charge is -2.21. The lowest BCUT2D eigenvalue weighted by atomic mass is 10.1. The van der Waals surface area contributed by atoms with Gasteiger partial charge in [0.05, 0.1) is 0 Å². The minimum Gasteiger partial charge on any atom is -0.474 e. The first-order valence-corrected chi connectivity index (χ1v) is 5.99. The molecule has 1 aromatic rings. The number of carbonyl (C=O) groups excluding carboxylic acids is 1. The van der Waals surface area contributed by atoms with E-state index in [0.29, 0.717) is 18.6 Å². The van der Waals surface area contributed by atoms with E-state index in [4.69, 9.17) is 10.5 Å². The Labute approximate surface area is 103 Å². The summed E-state index contributed by atoms with van der Waals surface area (Å²) >= 11 is 0. The van der Waals surface area contributed by atoms with Gasteiger partial charge in [-0.1, -0.05) is 19.1 Å². The summed E-state index contributed by atoms with van der Waals surface area (Å²) in [6, 6.07) is 7.55. The van der Waals surface area contributed by atoms with Crippen LogP contribution in [0.1, 0.15) is 39.2 Å². The summed E-state index contributed by atoms with van der Waals surface area (Å²) in [5.41, 5.74) is 6.05. The predicted octanol–water partition coefficient (Wildman–Crippen LogP) is 2.67. The first-order valence-electron chi connectivity index (χ1n) is 5.99. The average molecular weight is 235 g/mol. The van der Waals surface area contributed by atoms with Gasteiger partial charge in [0, 0.05) is 12.8 Å². The summed E-state index contributed by atoms with van der Waals surface area (Å²) < 4.78 is 5.55. The molecule has 0 unspecified atom stereocenters. The van der Waals surface area contributed by atoms with Crippen molar-refractivity contribution in [2.45, 2.75) is 45.8 Å². The molecule has 94 valence electrons. The van der Waals surface area contributed by atoms with Crippen molar-refractivity contribution < 1.29 is 9.53 Å². The Hall–Kier alpha value is -1.35. The molecule has 3 nitrogen and oxygen atoms in total. The second-order valence-electron chi connectivity index (χ2n) is 4.82. The summed E-state index contributed by atoms with van der Waals surface area (Å²) in [7, 11) is 0. The molecule has 0 fully saturated rings. The SMILES string of the molecule is CCCC(=O)Cc1cccc(OC(C)(C)N)c1. The molecule has 0 bridgehead atoms. The van der Waals surface area contributed by atoms with Gasteiger partial charge in [-0.05, 0) is 38.0 Å². The summed E-state index contributed by atoms with van der Waals surface area (Å²) in [5, 5.41) is 0. The summed E-state index contributed by atoms with van der Waals surface area (Å²) in [5.74, 6) is 0.968. The topological polar surface area (TPSA) is 52.3 Å². The van der Waals surface area contributed by atoms with E-state index in [1.165, 1.54) is 0 Å². The molecule has 1 aromatic carbocycles. The lowest BCUT2D eigenvalue weighted by Crippen LogP contribution is -2.38. The van der Waals surface area contributed by atoms with Crippen molar-refractivity contribution in [3.63, 3.8) is 0 Å². The van der Waals surface area contributed by atoms with E-state index in [9.17, 15) is 4.79 Å². The molecule has 1 rings (SSSR count). The first-order chi connectivity index (χ1) is 7.90. The van der Waals surface area contributed by atoms with Gasteiger partial charge < -0.3 is 4.74 Å². The number of carbonyl (C=O) groups is 1. The van der Waals surface area contributed by atoms with E-state index in [2.05, 4.69) is 0 Å². The van der Waals surface area contributed by atoms with Crippen molar-refractivity contribution in [2.75, 3.05) is 0 Å². The third-order valence-electron chi connectivity index (χ3n) is 2.21. The maximum atomic E-state index is 11.5. The van der Waals surface area contributed by atoms with Crippen LogP contribution in [0.25, 0.3) is 0 Å². The van der Waals surface area contributed by atoms with E-state index >= 15 is 0 Å². The van der Waals surface area contributed by atoms with Crippen LogP contribution in [-0.2, 0) is 11.2 Å². The number of ether oxygens (including phenoxy) is 1. The van der Waals surface area contributed by atoms with Gasteiger partial charge in [0.25, 0.3) is 0 Å². The maximum absolute atomic E-state index is 11.5. The summed E-state index contributed by atoms with van der Waals surface area (Å²) in [4.78, 5) is 11.5. The van der Waals surface area contributed by atoms with Crippen molar-refractivity contribution in [3.8, 4) is 5.75 Å². The fourth-order valence-corrected chi connectivity index (χ4v) is 1.62. The number of Topliss-reactive ketones (excluding diaryl/α,β-unsaturated/α-hetero) is 1. The van der Waals surface area contributed by atoms with Gasteiger partial charge in [-0.25, -0.2) is 0 Å². The van der Waals surface area contributed by atoms with Crippen molar-refractivity contribution in [1.29, 1.82) is 0 Å². The summed E-state index contributed by atoms with van der Waals surface area (Å²) in [6.07, 6.45) is 1.99. The van der Waals surface area contributed by atoms with E-state index in [-0.39, 0.29) is 5.78 Å². The zero-order valence-electron chi connectivity index (χ0n) is 10.8. The Balaban J connectivity index is 2.69. The standard InChI is InChI=1S/C14H21NO2/c1-4-6-12(16)9-11-7-5-8-13(10-11)17-14(2,3)15/h5,7-8,10H,4,6,9,15H2,1-3H3. The van der Waals surface area contributed by atoms with Crippen LogP contribution in [0, 0.1) is 0 Å². The molecule has 2 N–H and O–H groups in total. The van der Waals surface area contributed by atoms with Gasteiger partial charge in [-0.15, -0.1) is 0 Å². The molecule has 0 spiro atoms. The Bertz CT molecular complexity index is 380. The first kappa shape index (κ1) is 13.7. The third-order valence-corrected chi connectivity index (χ3v) is 2.21. The minimum atomic E-state index is -0.702. The fourth-order valence-electron chi connectivity index (χ4n) is 1.62. The highest BCUT2D eigenvalue weighted by atomic mass is 16.5. The van der Waals surface area contributed by atoms with Crippen LogP contribution in [0.15, 0.2) is 24.3 Å². The molecule has 0 saturated carbocycles.